The maximum atomic E-state index is 12.4. The Labute approximate surface area is 145 Å². The molecule has 10 heteroatoms. The van der Waals surface area contributed by atoms with Gasteiger partial charge in [0, 0.05) is 14.1 Å². The Hall–Kier alpha value is -2.62. The minimum atomic E-state index is -3.86. The van der Waals surface area contributed by atoms with Gasteiger partial charge in [-0.2, -0.15) is 0 Å². The van der Waals surface area contributed by atoms with Gasteiger partial charge in [0.15, 0.2) is 5.69 Å². The molecule has 0 aliphatic heterocycles. The van der Waals surface area contributed by atoms with Gasteiger partial charge in [0.2, 0.25) is 21.7 Å². The third-order valence-corrected chi connectivity index (χ3v) is 5.09. The van der Waals surface area contributed by atoms with Crippen molar-refractivity contribution in [2.45, 2.75) is 13.3 Å². The van der Waals surface area contributed by atoms with Crippen molar-refractivity contribution in [1.29, 1.82) is 0 Å². The summed E-state index contributed by atoms with van der Waals surface area (Å²) in [7, 11) is -1.31. The first-order chi connectivity index (χ1) is 11.7. The molecule has 0 saturated carbocycles. The average Bonchev–Trinajstić information content (AvgIpc) is 2.56. The molecule has 1 aromatic heterocycles. The van der Waals surface area contributed by atoms with Crippen molar-refractivity contribution in [3.8, 4) is 5.75 Å². The molecular formula is C15H20N4O5S. The van der Waals surface area contributed by atoms with Gasteiger partial charge in [-0.25, -0.2) is 13.4 Å². The van der Waals surface area contributed by atoms with Gasteiger partial charge in [-0.15, -0.1) is 0 Å². The molecule has 0 radical (unpaired) electrons. The zero-order valence-electron chi connectivity index (χ0n) is 14.1. The van der Waals surface area contributed by atoms with Crippen molar-refractivity contribution in [3.63, 3.8) is 0 Å². The van der Waals surface area contributed by atoms with E-state index in [1.807, 2.05) is 13.0 Å². The van der Waals surface area contributed by atoms with E-state index >= 15 is 0 Å². The Kier molecular flexibility index (Phi) is 5.31. The fourth-order valence-corrected chi connectivity index (χ4v) is 3.69. The number of hydrogen-bond donors (Lipinski definition) is 3. The van der Waals surface area contributed by atoms with E-state index in [-0.39, 0.29) is 17.6 Å². The maximum Gasteiger partial charge on any atom is 0.297 e. The van der Waals surface area contributed by atoms with E-state index in [4.69, 9.17) is 0 Å². The Morgan fingerprint density at radius 3 is 2.76 bits per heavy atom. The number of amides is 1. The van der Waals surface area contributed by atoms with Gasteiger partial charge in [-0.3, -0.25) is 18.9 Å². The quantitative estimate of drug-likeness (QED) is 0.676. The minimum Gasteiger partial charge on any atom is -0.501 e. The second-order valence-electron chi connectivity index (χ2n) is 5.74. The van der Waals surface area contributed by atoms with Crippen LogP contribution in [0.2, 0.25) is 0 Å². The third kappa shape index (κ3) is 4.08. The molecular weight excluding hydrogens is 348 g/mol. The molecule has 0 fully saturated rings. The number of carbonyl (C=O) groups is 1. The van der Waals surface area contributed by atoms with Gasteiger partial charge >= 0.3 is 0 Å². The van der Waals surface area contributed by atoms with E-state index in [9.17, 15) is 23.1 Å². The molecule has 1 heterocycles. The number of sulfonamides is 1. The highest BCUT2D eigenvalue weighted by atomic mass is 32.2. The SMILES string of the molecule is CNC(=O)c1nc(NS(=O)(=O)CC2=CC=CCC2C)n(C)c(=O)c1O. The number of nitrogens with zero attached hydrogens (tertiary/aromatic N) is 2. The van der Waals surface area contributed by atoms with E-state index in [1.54, 1.807) is 12.2 Å². The minimum absolute atomic E-state index is 0.0830. The standard InChI is InChI=1S/C15H20N4O5S/c1-9-6-4-5-7-10(9)8-25(23,24)18-15-17-11(13(21)16-2)12(20)14(22)19(15)3/h4-5,7,9,20H,6,8H2,1-3H3,(H,16,21)(H,17,18). The summed E-state index contributed by atoms with van der Waals surface area (Å²) < 4.78 is 27.9. The average molecular weight is 368 g/mol. The van der Waals surface area contributed by atoms with Crippen LogP contribution in [0.5, 0.6) is 5.75 Å². The summed E-state index contributed by atoms with van der Waals surface area (Å²) in [6.45, 7) is 1.92. The Balaban J connectivity index is 2.37. The van der Waals surface area contributed by atoms with Gasteiger partial charge in [0.05, 0.1) is 5.75 Å². The van der Waals surface area contributed by atoms with Crippen molar-refractivity contribution in [2.75, 3.05) is 17.5 Å². The number of aromatic hydroxyl groups is 1. The first kappa shape index (κ1) is 18.7. The molecule has 25 heavy (non-hydrogen) atoms. The lowest BCUT2D eigenvalue weighted by Gasteiger charge is -2.18. The Morgan fingerprint density at radius 1 is 1.48 bits per heavy atom. The van der Waals surface area contributed by atoms with Gasteiger partial charge in [-0.05, 0) is 12.3 Å². The highest BCUT2D eigenvalue weighted by Crippen LogP contribution is 2.22. The highest BCUT2D eigenvalue weighted by Gasteiger charge is 2.23. The molecule has 136 valence electrons. The molecule has 2 rings (SSSR count). The van der Waals surface area contributed by atoms with E-state index in [1.165, 1.54) is 14.1 Å². The molecule has 1 aliphatic carbocycles. The first-order valence-electron chi connectivity index (χ1n) is 7.54. The molecule has 1 aromatic rings. The molecule has 3 N–H and O–H groups in total. The fraction of sp³-hybridized carbons (Fsp3) is 0.400. The number of hydrogen-bond acceptors (Lipinski definition) is 6. The van der Waals surface area contributed by atoms with Crippen LogP contribution < -0.4 is 15.6 Å². The van der Waals surface area contributed by atoms with Crippen molar-refractivity contribution < 1.29 is 18.3 Å². The smallest absolute Gasteiger partial charge is 0.297 e. The highest BCUT2D eigenvalue weighted by molar-refractivity contribution is 7.92. The molecule has 1 atom stereocenters. The molecule has 0 spiro atoms. The normalized spacial score (nSPS) is 17.1. The van der Waals surface area contributed by atoms with Crippen LogP contribution in [0.4, 0.5) is 5.95 Å². The zero-order valence-corrected chi connectivity index (χ0v) is 14.9. The lowest BCUT2D eigenvalue weighted by atomic mass is 9.95. The topological polar surface area (TPSA) is 130 Å². The number of rotatable bonds is 5. The van der Waals surface area contributed by atoms with Crippen LogP contribution in [0, 0.1) is 5.92 Å². The zero-order chi connectivity index (χ0) is 18.8. The molecule has 1 amide bonds. The van der Waals surface area contributed by atoms with Crippen LogP contribution >= 0.6 is 0 Å². The van der Waals surface area contributed by atoms with Gasteiger partial charge in [0.1, 0.15) is 0 Å². The predicted molar refractivity (Wildman–Crippen MR) is 92.9 cm³/mol. The lowest BCUT2D eigenvalue weighted by Crippen LogP contribution is -2.31. The summed E-state index contributed by atoms with van der Waals surface area (Å²) in [6, 6.07) is 0. The lowest BCUT2D eigenvalue weighted by molar-refractivity contribution is 0.0954. The summed E-state index contributed by atoms with van der Waals surface area (Å²) in [4.78, 5) is 27.5. The molecule has 9 nitrogen and oxygen atoms in total. The predicted octanol–water partition coefficient (Wildman–Crippen LogP) is 0.110. The van der Waals surface area contributed by atoms with Crippen LogP contribution in [0.3, 0.4) is 0 Å². The third-order valence-electron chi connectivity index (χ3n) is 3.88. The largest absolute Gasteiger partial charge is 0.501 e. The van der Waals surface area contributed by atoms with E-state index in [0.717, 1.165) is 16.6 Å². The van der Waals surface area contributed by atoms with Crippen molar-refractivity contribution >= 4 is 21.9 Å². The van der Waals surface area contributed by atoms with Gasteiger partial charge in [-0.1, -0.05) is 30.7 Å². The van der Waals surface area contributed by atoms with Gasteiger partial charge in [0.25, 0.3) is 11.5 Å². The molecule has 1 unspecified atom stereocenters. The van der Waals surface area contributed by atoms with E-state index in [2.05, 4.69) is 15.0 Å². The molecule has 0 aromatic carbocycles. The Morgan fingerprint density at radius 2 is 2.16 bits per heavy atom. The summed E-state index contributed by atoms with van der Waals surface area (Å²) >= 11 is 0. The first-order valence-corrected chi connectivity index (χ1v) is 9.19. The summed E-state index contributed by atoms with van der Waals surface area (Å²) in [5, 5.41) is 12.0. The van der Waals surface area contributed by atoms with Crippen molar-refractivity contribution in [3.05, 3.63) is 39.8 Å². The van der Waals surface area contributed by atoms with Crippen molar-refractivity contribution in [2.24, 2.45) is 13.0 Å². The van der Waals surface area contributed by atoms with E-state index in [0.29, 0.717) is 0 Å². The van der Waals surface area contributed by atoms with Crippen molar-refractivity contribution in [1.82, 2.24) is 14.9 Å². The molecule has 0 bridgehead atoms. The number of allylic oxidation sites excluding steroid dienone is 3. The summed E-state index contributed by atoms with van der Waals surface area (Å²) in [6.07, 6.45) is 6.24. The second kappa shape index (κ2) is 7.09. The number of nitrogens with one attached hydrogen (secondary N) is 2. The fourth-order valence-electron chi connectivity index (χ4n) is 2.33. The summed E-state index contributed by atoms with van der Waals surface area (Å²) in [5.41, 5.74) is -0.749. The molecule has 0 saturated heterocycles. The number of carbonyl (C=O) groups excluding carboxylic acids is 1. The Bertz CT molecular complexity index is 915. The maximum absolute atomic E-state index is 12.4. The monoisotopic (exact) mass is 368 g/mol. The van der Waals surface area contributed by atoms with Crippen LogP contribution in [0.15, 0.2) is 28.6 Å². The van der Waals surface area contributed by atoms with Gasteiger partial charge < -0.3 is 10.4 Å². The summed E-state index contributed by atoms with van der Waals surface area (Å²) in [5.74, 6) is -2.17. The van der Waals surface area contributed by atoms with Crippen LogP contribution in [0.25, 0.3) is 0 Å². The van der Waals surface area contributed by atoms with Crippen LogP contribution in [-0.2, 0) is 17.1 Å². The van der Waals surface area contributed by atoms with Crippen LogP contribution in [-0.4, -0.2) is 41.8 Å². The number of aromatic nitrogens is 2. The number of anilines is 1. The molecule has 1 aliphatic rings. The second-order valence-corrected chi connectivity index (χ2v) is 7.47. The van der Waals surface area contributed by atoms with Crippen LogP contribution in [0.1, 0.15) is 23.8 Å². The van der Waals surface area contributed by atoms with E-state index < -0.39 is 32.9 Å².